The fourth-order valence-corrected chi connectivity index (χ4v) is 4.98. The van der Waals surface area contributed by atoms with Gasteiger partial charge in [0.15, 0.2) is 0 Å². The Morgan fingerprint density at radius 1 is 1.05 bits per heavy atom. The lowest BCUT2D eigenvalue weighted by atomic mass is 9.70. The van der Waals surface area contributed by atoms with Crippen LogP contribution >= 0.6 is 0 Å². The van der Waals surface area contributed by atoms with E-state index in [2.05, 4.69) is 29.1 Å². The van der Waals surface area contributed by atoms with Gasteiger partial charge < -0.3 is 5.32 Å². The van der Waals surface area contributed by atoms with Crippen molar-refractivity contribution in [1.29, 1.82) is 0 Å². The Morgan fingerprint density at radius 2 is 1.86 bits per heavy atom. The molecule has 2 heterocycles. The highest BCUT2D eigenvalue weighted by atomic mass is 15.3. The van der Waals surface area contributed by atoms with Gasteiger partial charge in [0.2, 0.25) is 0 Å². The Bertz CT molecular complexity index is 322. The molecule has 1 atom stereocenters. The van der Waals surface area contributed by atoms with Crippen LogP contribution in [0.2, 0.25) is 0 Å². The van der Waals surface area contributed by atoms with Crippen LogP contribution in [0.15, 0.2) is 0 Å². The van der Waals surface area contributed by atoms with E-state index in [9.17, 15) is 0 Å². The lowest BCUT2D eigenvalue weighted by molar-refractivity contribution is 0.0126. The van der Waals surface area contributed by atoms with Crippen molar-refractivity contribution in [2.75, 3.05) is 46.3 Å². The summed E-state index contributed by atoms with van der Waals surface area (Å²) in [5.74, 6) is 0.949. The van der Waals surface area contributed by atoms with Crippen molar-refractivity contribution in [3.8, 4) is 0 Å². The number of fused-ring (bicyclic) bond motifs is 1. The Balaban J connectivity index is 1.58. The zero-order valence-electron chi connectivity index (χ0n) is 14.2. The van der Waals surface area contributed by atoms with Crippen LogP contribution in [0.25, 0.3) is 0 Å². The molecule has 0 aromatic heterocycles. The van der Waals surface area contributed by atoms with E-state index in [1.54, 1.807) is 0 Å². The molecule has 1 N–H and O–H groups in total. The zero-order chi connectivity index (χ0) is 14.7. The standard InChI is InChI=1S/C18H35N3/c1-16-6-8-18(9-7-16,14-19-2)15-20-11-12-21-10-4-3-5-17(21)13-20/h16-17,19H,3-15H2,1-2H3. The van der Waals surface area contributed by atoms with Gasteiger partial charge in [0.25, 0.3) is 0 Å². The van der Waals surface area contributed by atoms with E-state index in [1.807, 2.05) is 0 Å². The van der Waals surface area contributed by atoms with Gasteiger partial charge in [0.05, 0.1) is 0 Å². The summed E-state index contributed by atoms with van der Waals surface area (Å²) in [5, 5.41) is 3.50. The molecule has 2 aliphatic heterocycles. The van der Waals surface area contributed by atoms with Gasteiger partial charge in [-0.15, -0.1) is 0 Å². The summed E-state index contributed by atoms with van der Waals surface area (Å²) < 4.78 is 0. The number of hydrogen-bond acceptors (Lipinski definition) is 3. The molecule has 1 saturated carbocycles. The first kappa shape index (κ1) is 15.8. The van der Waals surface area contributed by atoms with Crippen molar-refractivity contribution in [1.82, 2.24) is 15.1 Å². The molecule has 0 amide bonds. The van der Waals surface area contributed by atoms with Gasteiger partial charge in [-0.2, -0.15) is 0 Å². The summed E-state index contributed by atoms with van der Waals surface area (Å²) in [4.78, 5) is 5.56. The van der Waals surface area contributed by atoms with E-state index in [0.29, 0.717) is 5.41 Å². The van der Waals surface area contributed by atoms with Crippen LogP contribution < -0.4 is 5.32 Å². The monoisotopic (exact) mass is 293 g/mol. The molecule has 122 valence electrons. The fourth-order valence-electron chi connectivity index (χ4n) is 4.98. The summed E-state index contributed by atoms with van der Waals surface area (Å²) in [6.45, 7) is 10.3. The zero-order valence-corrected chi connectivity index (χ0v) is 14.2. The second-order valence-electron chi connectivity index (χ2n) is 8.13. The van der Waals surface area contributed by atoms with Gasteiger partial charge in [-0.25, -0.2) is 0 Å². The van der Waals surface area contributed by atoms with Crippen molar-refractivity contribution in [3.05, 3.63) is 0 Å². The largest absolute Gasteiger partial charge is 0.319 e. The van der Waals surface area contributed by atoms with Crippen LogP contribution in [-0.4, -0.2) is 62.2 Å². The maximum atomic E-state index is 3.50. The average molecular weight is 293 g/mol. The van der Waals surface area contributed by atoms with E-state index < -0.39 is 0 Å². The van der Waals surface area contributed by atoms with Gasteiger partial charge in [0.1, 0.15) is 0 Å². The third-order valence-electron chi connectivity index (χ3n) is 6.37. The molecule has 3 heteroatoms. The molecule has 2 saturated heterocycles. The molecule has 0 radical (unpaired) electrons. The molecule has 1 aliphatic carbocycles. The van der Waals surface area contributed by atoms with E-state index in [0.717, 1.165) is 12.0 Å². The molecule has 3 rings (SSSR count). The predicted octanol–water partition coefficient (Wildman–Crippen LogP) is 2.57. The molecule has 0 bridgehead atoms. The second kappa shape index (κ2) is 6.97. The van der Waals surface area contributed by atoms with Gasteiger partial charge in [-0.1, -0.05) is 26.2 Å². The summed E-state index contributed by atoms with van der Waals surface area (Å²) in [6, 6.07) is 0.863. The number of piperidine rings is 1. The van der Waals surface area contributed by atoms with Gasteiger partial charge in [-0.05, 0) is 50.6 Å². The first-order valence-corrected chi connectivity index (χ1v) is 9.32. The minimum absolute atomic E-state index is 0.554. The highest BCUT2D eigenvalue weighted by molar-refractivity contribution is 4.92. The van der Waals surface area contributed by atoms with E-state index in [-0.39, 0.29) is 0 Å². The lowest BCUT2D eigenvalue weighted by Crippen LogP contribution is -2.57. The number of nitrogens with zero attached hydrogens (tertiary/aromatic N) is 2. The van der Waals surface area contributed by atoms with Crippen molar-refractivity contribution in [2.24, 2.45) is 11.3 Å². The second-order valence-corrected chi connectivity index (χ2v) is 8.13. The Morgan fingerprint density at radius 3 is 2.62 bits per heavy atom. The highest BCUT2D eigenvalue weighted by Crippen LogP contribution is 2.39. The van der Waals surface area contributed by atoms with Crippen molar-refractivity contribution < 1.29 is 0 Å². The fraction of sp³-hybridized carbons (Fsp3) is 1.00. The molecule has 0 aromatic rings. The summed E-state index contributed by atoms with van der Waals surface area (Å²) in [6.07, 6.45) is 10.1. The lowest BCUT2D eigenvalue weighted by Gasteiger charge is -2.48. The predicted molar refractivity (Wildman–Crippen MR) is 89.6 cm³/mol. The highest BCUT2D eigenvalue weighted by Gasteiger charge is 2.37. The topological polar surface area (TPSA) is 18.5 Å². The maximum Gasteiger partial charge on any atom is 0.0223 e. The molecule has 3 nitrogen and oxygen atoms in total. The molecule has 0 aromatic carbocycles. The van der Waals surface area contributed by atoms with Crippen LogP contribution in [0.1, 0.15) is 51.9 Å². The molecule has 3 aliphatic rings. The Kier molecular flexibility index (Phi) is 5.23. The third kappa shape index (κ3) is 3.80. The van der Waals surface area contributed by atoms with Crippen LogP contribution in [0, 0.1) is 11.3 Å². The SMILES string of the molecule is CNCC1(CN2CCN3CCCCC3C2)CCC(C)CC1. The van der Waals surface area contributed by atoms with Crippen LogP contribution in [0.3, 0.4) is 0 Å². The van der Waals surface area contributed by atoms with Gasteiger partial charge in [0, 0.05) is 38.8 Å². The van der Waals surface area contributed by atoms with Gasteiger partial charge in [-0.3, -0.25) is 9.80 Å². The van der Waals surface area contributed by atoms with Crippen molar-refractivity contribution in [3.63, 3.8) is 0 Å². The normalized spacial score (nSPS) is 39.1. The first-order valence-electron chi connectivity index (χ1n) is 9.32. The van der Waals surface area contributed by atoms with Crippen molar-refractivity contribution in [2.45, 2.75) is 57.9 Å². The Labute approximate surface area is 131 Å². The molecule has 21 heavy (non-hydrogen) atoms. The number of nitrogens with one attached hydrogen (secondary N) is 1. The summed E-state index contributed by atoms with van der Waals surface area (Å²) in [5.41, 5.74) is 0.554. The number of rotatable bonds is 4. The molecule has 3 fully saturated rings. The van der Waals surface area contributed by atoms with Crippen LogP contribution in [-0.2, 0) is 0 Å². The quantitative estimate of drug-likeness (QED) is 0.859. The van der Waals surface area contributed by atoms with Crippen LogP contribution in [0.5, 0.6) is 0 Å². The van der Waals surface area contributed by atoms with E-state index >= 15 is 0 Å². The summed E-state index contributed by atoms with van der Waals surface area (Å²) in [7, 11) is 2.14. The molecule has 0 spiro atoms. The maximum absolute atomic E-state index is 3.50. The van der Waals surface area contributed by atoms with Crippen molar-refractivity contribution >= 4 is 0 Å². The number of piperazine rings is 1. The smallest absolute Gasteiger partial charge is 0.0223 e. The first-order chi connectivity index (χ1) is 10.2. The molecular formula is C18H35N3. The number of hydrogen-bond donors (Lipinski definition) is 1. The van der Waals surface area contributed by atoms with Crippen LogP contribution in [0.4, 0.5) is 0 Å². The molecule has 1 unspecified atom stereocenters. The third-order valence-corrected chi connectivity index (χ3v) is 6.37. The van der Waals surface area contributed by atoms with Gasteiger partial charge >= 0.3 is 0 Å². The average Bonchev–Trinajstić information content (AvgIpc) is 2.51. The Hall–Kier alpha value is -0.120. The van der Waals surface area contributed by atoms with E-state index in [4.69, 9.17) is 0 Å². The minimum atomic E-state index is 0.554. The van der Waals surface area contributed by atoms with E-state index in [1.165, 1.54) is 84.2 Å². The summed E-state index contributed by atoms with van der Waals surface area (Å²) >= 11 is 0. The minimum Gasteiger partial charge on any atom is -0.319 e. The molecular weight excluding hydrogens is 258 g/mol.